The van der Waals surface area contributed by atoms with Crippen LogP contribution in [0.3, 0.4) is 0 Å². The van der Waals surface area contributed by atoms with Crippen molar-refractivity contribution in [1.82, 2.24) is 5.48 Å². The highest BCUT2D eigenvalue weighted by atomic mass is 16.5. The van der Waals surface area contributed by atoms with Gasteiger partial charge in [0.05, 0.1) is 0 Å². The average Bonchev–Trinajstić information content (AvgIpc) is 2.42. The molecule has 0 aliphatic rings. The quantitative estimate of drug-likeness (QED) is 0.346. The molecule has 0 saturated carbocycles. The largest absolute Gasteiger partial charge is 0.787 e. The topological polar surface area (TPSA) is 35.1 Å². The van der Waals surface area contributed by atoms with E-state index in [4.69, 9.17) is 0 Å². The molecule has 2 heteroatoms. The van der Waals surface area contributed by atoms with Crippen LogP contribution in [0.15, 0.2) is 0 Å². The van der Waals surface area contributed by atoms with Crippen molar-refractivity contribution in [3.05, 3.63) is 5.21 Å². The Labute approximate surface area is 115 Å². The molecule has 0 atom stereocenters. The second kappa shape index (κ2) is 12.0. The van der Waals surface area contributed by atoms with Gasteiger partial charge in [-0.05, 0) is 19.3 Å². The van der Waals surface area contributed by atoms with Gasteiger partial charge in [0.2, 0.25) is 0 Å². The van der Waals surface area contributed by atoms with Gasteiger partial charge in [-0.25, -0.2) is 0 Å². The number of hydrogen-bond acceptors (Lipinski definition) is 2. The molecule has 0 aromatic carbocycles. The molecule has 0 fully saturated rings. The van der Waals surface area contributed by atoms with Crippen LogP contribution in [0.25, 0.3) is 0 Å². The molecule has 18 heavy (non-hydrogen) atoms. The lowest BCUT2D eigenvalue weighted by Crippen LogP contribution is -2.40. The highest BCUT2D eigenvalue weighted by Gasteiger charge is 2.20. The predicted molar refractivity (Wildman–Crippen MR) is 81.7 cm³/mol. The Kier molecular flexibility index (Phi) is 11.9. The lowest BCUT2D eigenvalue weighted by atomic mass is 9.87. The molecule has 0 saturated heterocycles. The third-order valence-corrected chi connectivity index (χ3v) is 4.33. The monoisotopic (exact) mass is 256 g/mol. The maximum absolute atomic E-state index is 11.0. The molecule has 110 valence electrons. The van der Waals surface area contributed by atoms with Gasteiger partial charge in [-0.3, -0.25) is 0 Å². The van der Waals surface area contributed by atoms with Crippen LogP contribution >= 0.6 is 0 Å². The maximum Gasteiger partial charge on any atom is 0.00604 e. The standard InChI is InChI=1S/C16H34NO/c1-4-7-8-9-10-11-12-13-14-15-16(5-2,6-3)17-18/h17H,4-15H2,1-3H3/q-1. The number of nitrogens with one attached hydrogen (secondary N) is 1. The van der Waals surface area contributed by atoms with Crippen molar-refractivity contribution in [2.45, 2.75) is 103 Å². The number of rotatable bonds is 13. The molecule has 0 aliphatic heterocycles. The van der Waals surface area contributed by atoms with E-state index >= 15 is 0 Å². The van der Waals surface area contributed by atoms with Crippen molar-refractivity contribution >= 4 is 0 Å². The molecule has 0 unspecified atom stereocenters. The predicted octanol–water partition coefficient (Wildman–Crippen LogP) is 5.55. The molecular weight excluding hydrogens is 222 g/mol. The summed E-state index contributed by atoms with van der Waals surface area (Å²) in [5.41, 5.74) is 2.15. The van der Waals surface area contributed by atoms with Gasteiger partial charge in [0.1, 0.15) is 0 Å². The molecule has 0 aromatic rings. The Morgan fingerprint density at radius 1 is 0.722 bits per heavy atom. The van der Waals surface area contributed by atoms with E-state index in [1.165, 1.54) is 57.8 Å². The first-order chi connectivity index (χ1) is 8.74. The van der Waals surface area contributed by atoms with Crippen molar-refractivity contribution in [1.29, 1.82) is 0 Å². The lowest BCUT2D eigenvalue weighted by molar-refractivity contribution is 0.302. The molecule has 0 aliphatic carbocycles. The summed E-state index contributed by atoms with van der Waals surface area (Å²) < 4.78 is 0. The van der Waals surface area contributed by atoms with Gasteiger partial charge in [-0.2, -0.15) is 0 Å². The van der Waals surface area contributed by atoms with E-state index in [-0.39, 0.29) is 5.54 Å². The van der Waals surface area contributed by atoms with Crippen LogP contribution in [0, 0.1) is 5.21 Å². The van der Waals surface area contributed by atoms with E-state index in [1.807, 2.05) is 0 Å². The van der Waals surface area contributed by atoms with Crippen LogP contribution in [0.4, 0.5) is 0 Å². The van der Waals surface area contributed by atoms with Gasteiger partial charge in [-0.15, -0.1) is 0 Å². The van der Waals surface area contributed by atoms with Gasteiger partial charge in [0.15, 0.2) is 0 Å². The highest BCUT2D eigenvalue weighted by molar-refractivity contribution is 4.85. The molecule has 0 heterocycles. The normalized spacial score (nSPS) is 12.0. The first-order valence-corrected chi connectivity index (χ1v) is 8.14. The van der Waals surface area contributed by atoms with Crippen molar-refractivity contribution < 1.29 is 0 Å². The van der Waals surface area contributed by atoms with E-state index < -0.39 is 0 Å². The van der Waals surface area contributed by atoms with Crippen LogP contribution in [0.5, 0.6) is 0 Å². The van der Waals surface area contributed by atoms with Crippen molar-refractivity contribution in [2.24, 2.45) is 0 Å². The molecule has 0 rings (SSSR count). The van der Waals surface area contributed by atoms with Crippen LogP contribution in [0.1, 0.15) is 97.8 Å². The van der Waals surface area contributed by atoms with Gasteiger partial charge in [0.25, 0.3) is 0 Å². The molecule has 0 radical (unpaired) electrons. The Hall–Kier alpha value is -0.0800. The third kappa shape index (κ3) is 8.10. The van der Waals surface area contributed by atoms with E-state index in [2.05, 4.69) is 26.3 Å². The molecule has 0 spiro atoms. The number of hydrogen-bond donors (Lipinski definition) is 1. The van der Waals surface area contributed by atoms with Crippen LogP contribution in [0.2, 0.25) is 0 Å². The minimum atomic E-state index is -0.138. The zero-order valence-electron chi connectivity index (χ0n) is 12.9. The molecule has 2 nitrogen and oxygen atoms in total. The fourth-order valence-corrected chi connectivity index (χ4v) is 2.57. The SMILES string of the molecule is CCCCCCCCCCCC(CC)(CC)N[O-]. The fourth-order valence-electron chi connectivity index (χ4n) is 2.57. The third-order valence-electron chi connectivity index (χ3n) is 4.33. The van der Waals surface area contributed by atoms with Gasteiger partial charge < -0.3 is 10.7 Å². The molecule has 0 amide bonds. The first-order valence-electron chi connectivity index (χ1n) is 8.14. The van der Waals surface area contributed by atoms with Gasteiger partial charge >= 0.3 is 0 Å². The molecule has 0 aromatic heterocycles. The summed E-state index contributed by atoms with van der Waals surface area (Å²) in [5, 5.41) is 11.0. The van der Waals surface area contributed by atoms with E-state index in [1.54, 1.807) is 0 Å². The Bertz CT molecular complexity index is 158. The summed E-state index contributed by atoms with van der Waals surface area (Å²) in [4.78, 5) is 0. The van der Waals surface area contributed by atoms with Crippen LogP contribution in [-0.4, -0.2) is 5.54 Å². The van der Waals surface area contributed by atoms with Gasteiger partial charge in [0, 0.05) is 5.54 Å². The molecular formula is C16H34NO-. The summed E-state index contributed by atoms with van der Waals surface area (Å²) >= 11 is 0. The Balaban J connectivity index is 3.38. The number of hydroxylamine groups is 1. The maximum atomic E-state index is 11.0. The average molecular weight is 256 g/mol. The Morgan fingerprint density at radius 2 is 1.17 bits per heavy atom. The second-order valence-corrected chi connectivity index (χ2v) is 5.67. The summed E-state index contributed by atoms with van der Waals surface area (Å²) in [6.45, 7) is 6.49. The minimum absolute atomic E-state index is 0.138. The van der Waals surface area contributed by atoms with Crippen molar-refractivity contribution in [3.63, 3.8) is 0 Å². The molecule has 1 N–H and O–H groups in total. The number of unbranched alkanes of at least 4 members (excludes halogenated alkanes) is 8. The molecule has 0 bridgehead atoms. The fraction of sp³-hybridized carbons (Fsp3) is 1.00. The Morgan fingerprint density at radius 3 is 1.56 bits per heavy atom. The summed E-state index contributed by atoms with van der Waals surface area (Å²) in [6, 6.07) is 0. The van der Waals surface area contributed by atoms with Crippen molar-refractivity contribution in [2.75, 3.05) is 0 Å². The van der Waals surface area contributed by atoms with E-state index in [0.717, 1.165) is 19.3 Å². The van der Waals surface area contributed by atoms with Crippen LogP contribution < -0.4 is 5.48 Å². The van der Waals surface area contributed by atoms with Crippen LogP contribution in [-0.2, 0) is 0 Å². The van der Waals surface area contributed by atoms with Gasteiger partial charge in [-0.1, -0.05) is 78.6 Å². The highest BCUT2D eigenvalue weighted by Crippen LogP contribution is 2.23. The summed E-state index contributed by atoms with van der Waals surface area (Å²) in [7, 11) is 0. The zero-order valence-corrected chi connectivity index (χ0v) is 12.9. The lowest BCUT2D eigenvalue weighted by Gasteiger charge is -2.37. The second-order valence-electron chi connectivity index (χ2n) is 5.67. The smallest absolute Gasteiger partial charge is 0.00604 e. The summed E-state index contributed by atoms with van der Waals surface area (Å²) in [6.07, 6.45) is 15.1. The zero-order chi connectivity index (χ0) is 13.7. The van der Waals surface area contributed by atoms with Crippen molar-refractivity contribution in [3.8, 4) is 0 Å². The summed E-state index contributed by atoms with van der Waals surface area (Å²) in [5.74, 6) is 0. The minimum Gasteiger partial charge on any atom is -0.787 e. The van der Waals surface area contributed by atoms with E-state index in [9.17, 15) is 5.21 Å². The first kappa shape index (κ1) is 17.9. The van der Waals surface area contributed by atoms with E-state index in [0.29, 0.717) is 0 Å².